The molecule has 0 N–H and O–H groups in total. The molecule has 0 amide bonds. The molecule has 1 atom stereocenters. The molecule has 1 fully saturated rings. The van der Waals surface area contributed by atoms with E-state index in [1.807, 2.05) is 81.4 Å². The first kappa shape index (κ1) is 25.2. The molecule has 27 heavy (non-hydrogen) atoms. The number of ether oxygens (including phenoxy) is 1. The minimum Gasteiger partial charge on any atom is -0.465 e. The van der Waals surface area contributed by atoms with Crippen LogP contribution in [0, 0.1) is 5.41 Å². The van der Waals surface area contributed by atoms with Crippen molar-refractivity contribution >= 4 is 29.2 Å². The van der Waals surface area contributed by atoms with Gasteiger partial charge in [-0.25, -0.2) is 0 Å². The van der Waals surface area contributed by atoms with Crippen molar-refractivity contribution in [3.05, 3.63) is 83.4 Å². The van der Waals surface area contributed by atoms with Crippen molar-refractivity contribution in [1.29, 1.82) is 0 Å². The number of halogens is 2. The minimum absolute atomic E-state index is 0.0661. The van der Waals surface area contributed by atoms with E-state index in [0.717, 1.165) is 29.3 Å². The van der Waals surface area contributed by atoms with Crippen LogP contribution in [-0.2, 0) is 9.53 Å². The van der Waals surface area contributed by atoms with Gasteiger partial charge in [0.1, 0.15) is 0 Å². The number of cyclic esters (lactones) is 1. The fraction of sp³-hybridized carbons (Fsp3) is 0.348. The summed E-state index contributed by atoms with van der Waals surface area (Å²) in [6, 6.07) is 18.9. The van der Waals surface area contributed by atoms with Gasteiger partial charge in [0.25, 0.3) is 0 Å². The van der Waals surface area contributed by atoms with Crippen molar-refractivity contribution < 1.29 is 9.53 Å². The van der Waals surface area contributed by atoms with Crippen LogP contribution >= 0.6 is 23.2 Å². The Bertz CT molecular complexity index is 592. The molecule has 4 heteroatoms. The van der Waals surface area contributed by atoms with Gasteiger partial charge in [0.05, 0.1) is 12.0 Å². The zero-order valence-corrected chi connectivity index (χ0v) is 18.0. The largest absolute Gasteiger partial charge is 0.465 e. The van der Waals surface area contributed by atoms with E-state index in [1.165, 1.54) is 0 Å². The quantitative estimate of drug-likeness (QED) is 0.377. The molecule has 2 nitrogen and oxygen atoms in total. The topological polar surface area (TPSA) is 26.3 Å². The fourth-order valence-electron chi connectivity index (χ4n) is 2.24. The van der Waals surface area contributed by atoms with Crippen LogP contribution in [0.3, 0.4) is 0 Å². The van der Waals surface area contributed by atoms with E-state index in [1.54, 1.807) is 6.08 Å². The lowest BCUT2D eigenvalue weighted by Crippen LogP contribution is -2.34. The van der Waals surface area contributed by atoms with Gasteiger partial charge in [-0.15, -0.1) is 6.58 Å². The number of carbonyl (C=O) groups excluding carboxylic acids is 1. The summed E-state index contributed by atoms with van der Waals surface area (Å²) >= 11 is 11.1. The van der Waals surface area contributed by atoms with Crippen LogP contribution < -0.4 is 0 Å². The summed E-state index contributed by atoms with van der Waals surface area (Å²) in [6.45, 7) is 10.2. The molecule has 3 rings (SSSR count). The number of carbonyl (C=O) groups is 1. The van der Waals surface area contributed by atoms with Gasteiger partial charge in [0.15, 0.2) is 0 Å². The van der Waals surface area contributed by atoms with Gasteiger partial charge in [-0.05, 0) is 50.5 Å². The Morgan fingerprint density at radius 1 is 1.00 bits per heavy atom. The highest BCUT2D eigenvalue weighted by molar-refractivity contribution is 6.30. The average Bonchev–Trinajstić information content (AvgIpc) is 2.68. The molecule has 1 aliphatic heterocycles. The Kier molecular flexibility index (Phi) is 14.3. The van der Waals surface area contributed by atoms with E-state index in [0.29, 0.717) is 6.61 Å². The Hall–Kier alpha value is -1.77. The Morgan fingerprint density at radius 2 is 1.44 bits per heavy atom. The summed E-state index contributed by atoms with van der Waals surface area (Å²) in [6.07, 6.45) is 4.42. The molecule has 0 aromatic heterocycles. The van der Waals surface area contributed by atoms with E-state index < -0.39 is 0 Å². The molecule has 1 saturated heterocycles. The van der Waals surface area contributed by atoms with E-state index in [4.69, 9.17) is 27.9 Å². The molecule has 0 spiro atoms. The first-order valence-corrected chi connectivity index (χ1v) is 9.93. The summed E-state index contributed by atoms with van der Waals surface area (Å²) in [5.41, 5.74) is -0.292. The van der Waals surface area contributed by atoms with Crippen molar-refractivity contribution in [3.8, 4) is 0 Å². The Balaban J connectivity index is 0.000000371. The summed E-state index contributed by atoms with van der Waals surface area (Å²) in [4.78, 5) is 11.2. The molecule has 2 aromatic carbocycles. The lowest BCUT2D eigenvalue weighted by molar-refractivity contribution is -0.160. The second-order valence-corrected chi connectivity index (χ2v) is 6.76. The number of esters is 1. The SMILES string of the molecule is C=CC[C@@]1(C)CCCOC1=O.CC.Clc1ccccc1.Clc1ccccc1. The smallest absolute Gasteiger partial charge is 0.312 e. The van der Waals surface area contributed by atoms with Gasteiger partial charge in [0, 0.05) is 10.0 Å². The lowest BCUT2D eigenvalue weighted by atomic mass is 9.81. The molecule has 0 unspecified atom stereocenters. The zero-order chi connectivity index (χ0) is 20.5. The third-order valence-corrected chi connectivity index (χ3v) is 4.16. The summed E-state index contributed by atoms with van der Waals surface area (Å²) in [7, 11) is 0. The number of benzene rings is 2. The highest BCUT2D eigenvalue weighted by Crippen LogP contribution is 2.32. The molecule has 1 aliphatic rings. The van der Waals surface area contributed by atoms with Gasteiger partial charge < -0.3 is 4.74 Å². The van der Waals surface area contributed by atoms with Crippen LogP contribution in [0.2, 0.25) is 10.0 Å². The monoisotopic (exact) mass is 408 g/mol. The lowest BCUT2D eigenvalue weighted by Gasteiger charge is -2.30. The predicted octanol–water partition coefficient (Wildman–Crippen LogP) is 7.61. The summed E-state index contributed by atoms with van der Waals surface area (Å²) in [5, 5.41) is 1.59. The molecule has 0 aliphatic carbocycles. The molecule has 1 heterocycles. The van der Waals surface area contributed by atoms with Crippen molar-refractivity contribution in [2.75, 3.05) is 6.61 Å². The molecular weight excluding hydrogens is 379 g/mol. The summed E-state index contributed by atoms with van der Waals surface area (Å²) in [5.74, 6) is -0.0661. The standard InChI is InChI=1S/C9H14O2.2C6H5Cl.C2H6/c1-3-5-9(2)6-4-7-11-8(9)10;2*7-6-4-2-1-3-5-6;1-2/h3H,1,4-7H2,2H3;2*1-5H;1-2H3/t9-;;;/m0.../s1. The van der Waals surface area contributed by atoms with Crippen molar-refractivity contribution in [3.63, 3.8) is 0 Å². The molecule has 148 valence electrons. The third-order valence-electron chi connectivity index (χ3n) is 3.66. The number of rotatable bonds is 2. The van der Waals surface area contributed by atoms with Crippen LogP contribution in [-0.4, -0.2) is 12.6 Å². The van der Waals surface area contributed by atoms with Crippen LogP contribution in [0.4, 0.5) is 0 Å². The van der Waals surface area contributed by atoms with Crippen LogP contribution in [0.15, 0.2) is 73.3 Å². The molecule has 0 bridgehead atoms. The predicted molar refractivity (Wildman–Crippen MR) is 117 cm³/mol. The Labute approximate surface area is 174 Å². The first-order valence-electron chi connectivity index (χ1n) is 9.17. The van der Waals surface area contributed by atoms with Crippen LogP contribution in [0.1, 0.15) is 40.0 Å². The molecule has 0 radical (unpaired) electrons. The van der Waals surface area contributed by atoms with Gasteiger partial charge in [-0.1, -0.05) is 79.5 Å². The number of hydrogen-bond acceptors (Lipinski definition) is 2. The number of allylic oxidation sites excluding steroid dienone is 1. The average molecular weight is 409 g/mol. The van der Waals surface area contributed by atoms with Gasteiger partial charge in [0.2, 0.25) is 0 Å². The Morgan fingerprint density at radius 3 is 1.74 bits per heavy atom. The molecular formula is C23H30Cl2O2. The van der Waals surface area contributed by atoms with E-state index in [2.05, 4.69) is 6.58 Å². The third kappa shape index (κ3) is 11.5. The van der Waals surface area contributed by atoms with Gasteiger partial charge >= 0.3 is 5.97 Å². The maximum absolute atomic E-state index is 11.2. The maximum Gasteiger partial charge on any atom is 0.312 e. The van der Waals surface area contributed by atoms with Crippen molar-refractivity contribution in [2.24, 2.45) is 5.41 Å². The summed E-state index contributed by atoms with van der Waals surface area (Å²) < 4.78 is 4.96. The normalized spacial score (nSPS) is 17.4. The molecule has 0 saturated carbocycles. The fourth-order valence-corrected chi connectivity index (χ4v) is 2.53. The minimum atomic E-state index is -0.292. The van der Waals surface area contributed by atoms with Crippen LogP contribution in [0.25, 0.3) is 0 Å². The second kappa shape index (κ2) is 15.3. The number of hydrogen-bond donors (Lipinski definition) is 0. The van der Waals surface area contributed by atoms with Crippen LogP contribution in [0.5, 0.6) is 0 Å². The van der Waals surface area contributed by atoms with Crippen molar-refractivity contribution in [2.45, 2.75) is 40.0 Å². The second-order valence-electron chi connectivity index (χ2n) is 5.88. The van der Waals surface area contributed by atoms with E-state index in [9.17, 15) is 4.79 Å². The van der Waals surface area contributed by atoms with E-state index >= 15 is 0 Å². The zero-order valence-electron chi connectivity index (χ0n) is 16.5. The maximum atomic E-state index is 11.2. The first-order chi connectivity index (χ1) is 13.0. The molecule has 2 aromatic rings. The highest BCUT2D eigenvalue weighted by Gasteiger charge is 2.35. The van der Waals surface area contributed by atoms with Gasteiger partial charge in [-0.2, -0.15) is 0 Å². The van der Waals surface area contributed by atoms with Crippen molar-refractivity contribution in [1.82, 2.24) is 0 Å². The van der Waals surface area contributed by atoms with Gasteiger partial charge in [-0.3, -0.25) is 4.79 Å². The van der Waals surface area contributed by atoms with E-state index in [-0.39, 0.29) is 11.4 Å². The highest BCUT2D eigenvalue weighted by atomic mass is 35.5.